The van der Waals surface area contributed by atoms with E-state index < -0.39 is 0 Å². The normalized spacial score (nSPS) is 12.4. The van der Waals surface area contributed by atoms with E-state index in [1.807, 2.05) is 32.2 Å². The van der Waals surface area contributed by atoms with Crippen molar-refractivity contribution in [2.24, 2.45) is 0 Å². The Morgan fingerprint density at radius 1 is 1.30 bits per heavy atom. The van der Waals surface area contributed by atoms with E-state index in [4.69, 9.17) is 11.6 Å². The molecule has 20 heavy (non-hydrogen) atoms. The minimum atomic E-state index is -0.243. The maximum absolute atomic E-state index is 14.0. The molecule has 2 nitrogen and oxygen atoms in total. The molecule has 0 bridgehead atoms. The molecule has 1 heterocycles. The summed E-state index contributed by atoms with van der Waals surface area (Å²) >= 11 is 5.97. The molecule has 1 atom stereocenters. The molecule has 0 amide bonds. The highest BCUT2D eigenvalue weighted by Gasteiger charge is 2.16. The second-order valence-corrected chi connectivity index (χ2v) is 5.24. The van der Waals surface area contributed by atoms with Crippen molar-refractivity contribution in [1.29, 1.82) is 0 Å². The summed E-state index contributed by atoms with van der Waals surface area (Å²) in [6.45, 7) is 4.75. The molecule has 1 unspecified atom stereocenters. The van der Waals surface area contributed by atoms with Crippen molar-refractivity contribution in [3.63, 3.8) is 0 Å². The average Bonchev–Trinajstić information content (AvgIpc) is 2.43. The predicted molar refractivity (Wildman–Crippen MR) is 80.5 cm³/mol. The zero-order valence-corrected chi connectivity index (χ0v) is 12.4. The highest BCUT2D eigenvalue weighted by Crippen LogP contribution is 2.24. The molecule has 0 saturated carbocycles. The molecule has 0 saturated heterocycles. The molecule has 0 radical (unpaired) electrons. The summed E-state index contributed by atoms with van der Waals surface area (Å²) in [6, 6.07) is 8.51. The van der Waals surface area contributed by atoms with Gasteiger partial charge in [0, 0.05) is 34.9 Å². The monoisotopic (exact) mass is 292 g/mol. The van der Waals surface area contributed by atoms with Gasteiger partial charge in [-0.25, -0.2) is 4.39 Å². The lowest BCUT2D eigenvalue weighted by Crippen LogP contribution is -2.24. The van der Waals surface area contributed by atoms with Gasteiger partial charge < -0.3 is 5.32 Å². The first kappa shape index (κ1) is 14.9. The first-order valence-corrected chi connectivity index (χ1v) is 7.07. The number of pyridine rings is 1. The predicted octanol–water partition coefficient (Wildman–Crippen LogP) is 4.08. The maximum Gasteiger partial charge on any atom is 0.128 e. The Hall–Kier alpha value is -1.45. The van der Waals surface area contributed by atoms with Crippen molar-refractivity contribution in [3.05, 3.63) is 64.2 Å². The van der Waals surface area contributed by atoms with Crippen LogP contribution >= 0.6 is 11.6 Å². The van der Waals surface area contributed by atoms with Crippen molar-refractivity contribution >= 4 is 11.6 Å². The summed E-state index contributed by atoms with van der Waals surface area (Å²) in [4.78, 5) is 4.38. The Labute approximate surface area is 124 Å². The molecule has 0 aliphatic heterocycles. The molecule has 1 N–H and O–H groups in total. The first-order valence-electron chi connectivity index (χ1n) is 6.70. The number of nitrogens with zero attached hydrogens (tertiary/aromatic N) is 1. The highest BCUT2D eigenvalue weighted by molar-refractivity contribution is 6.30. The third kappa shape index (κ3) is 3.78. The number of rotatable bonds is 5. The van der Waals surface area contributed by atoms with Crippen LogP contribution in [0.25, 0.3) is 0 Å². The minimum absolute atomic E-state index is 0.131. The summed E-state index contributed by atoms with van der Waals surface area (Å²) in [6.07, 6.45) is 2.46. The third-order valence-electron chi connectivity index (χ3n) is 3.17. The molecule has 0 aliphatic carbocycles. The van der Waals surface area contributed by atoms with Crippen LogP contribution in [0.4, 0.5) is 4.39 Å². The molecule has 2 aromatic rings. The SMILES string of the molecule is CCNC(Cc1ccc(C)cn1)c1cc(Cl)ccc1F. The number of hydrogen-bond donors (Lipinski definition) is 1. The molecule has 0 aliphatic rings. The molecule has 2 rings (SSSR count). The standard InChI is InChI=1S/C16H18ClFN2/c1-3-19-16(9-13-6-4-11(2)10-20-13)14-8-12(17)5-7-15(14)18/h4-8,10,16,19H,3,9H2,1-2H3. The molecular formula is C16H18ClFN2. The number of hydrogen-bond acceptors (Lipinski definition) is 2. The van der Waals surface area contributed by atoms with Crippen LogP contribution in [0.1, 0.15) is 29.8 Å². The fraction of sp³-hybridized carbons (Fsp3) is 0.312. The van der Waals surface area contributed by atoms with Gasteiger partial charge in [-0.05, 0) is 43.3 Å². The van der Waals surface area contributed by atoms with Gasteiger partial charge in [0.2, 0.25) is 0 Å². The summed E-state index contributed by atoms with van der Waals surface area (Å²) < 4.78 is 14.0. The summed E-state index contributed by atoms with van der Waals surface area (Å²) in [5.41, 5.74) is 2.63. The van der Waals surface area contributed by atoms with Crippen molar-refractivity contribution < 1.29 is 4.39 Å². The van der Waals surface area contributed by atoms with E-state index in [1.54, 1.807) is 12.1 Å². The Bertz CT molecular complexity index is 569. The summed E-state index contributed by atoms with van der Waals surface area (Å²) in [5, 5.41) is 3.83. The Balaban J connectivity index is 2.26. The lowest BCUT2D eigenvalue weighted by Gasteiger charge is -2.19. The lowest BCUT2D eigenvalue weighted by atomic mass is 10.0. The van der Waals surface area contributed by atoms with E-state index >= 15 is 0 Å². The van der Waals surface area contributed by atoms with Crippen LogP contribution in [0.3, 0.4) is 0 Å². The fourth-order valence-electron chi connectivity index (χ4n) is 2.15. The van der Waals surface area contributed by atoms with E-state index in [9.17, 15) is 4.39 Å². The van der Waals surface area contributed by atoms with E-state index in [2.05, 4.69) is 10.3 Å². The second-order valence-electron chi connectivity index (χ2n) is 4.81. The Kier molecular flexibility index (Phi) is 5.10. The fourth-order valence-corrected chi connectivity index (χ4v) is 2.33. The topological polar surface area (TPSA) is 24.9 Å². The maximum atomic E-state index is 14.0. The number of aryl methyl sites for hydroxylation is 1. The van der Waals surface area contributed by atoms with Gasteiger partial charge in [-0.15, -0.1) is 0 Å². The van der Waals surface area contributed by atoms with E-state index in [1.165, 1.54) is 6.07 Å². The zero-order chi connectivity index (χ0) is 14.5. The Morgan fingerprint density at radius 3 is 2.75 bits per heavy atom. The van der Waals surface area contributed by atoms with E-state index in [0.29, 0.717) is 17.0 Å². The smallest absolute Gasteiger partial charge is 0.128 e. The highest BCUT2D eigenvalue weighted by atomic mass is 35.5. The largest absolute Gasteiger partial charge is 0.310 e. The van der Waals surface area contributed by atoms with Crippen LogP contribution < -0.4 is 5.32 Å². The van der Waals surface area contributed by atoms with Gasteiger partial charge >= 0.3 is 0 Å². The van der Waals surface area contributed by atoms with Gasteiger partial charge in [-0.1, -0.05) is 24.6 Å². The molecule has 1 aromatic heterocycles. The zero-order valence-electron chi connectivity index (χ0n) is 11.7. The van der Waals surface area contributed by atoms with Gasteiger partial charge in [0.1, 0.15) is 5.82 Å². The van der Waals surface area contributed by atoms with E-state index in [-0.39, 0.29) is 11.9 Å². The van der Waals surface area contributed by atoms with Gasteiger partial charge in [0.25, 0.3) is 0 Å². The molecule has 0 fully saturated rings. The lowest BCUT2D eigenvalue weighted by molar-refractivity contribution is 0.506. The first-order chi connectivity index (χ1) is 9.60. The quantitative estimate of drug-likeness (QED) is 0.898. The number of nitrogens with one attached hydrogen (secondary N) is 1. The van der Waals surface area contributed by atoms with Crippen molar-refractivity contribution in [1.82, 2.24) is 10.3 Å². The van der Waals surface area contributed by atoms with Gasteiger partial charge in [-0.2, -0.15) is 0 Å². The summed E-state index contributed by atoms with van der Waals surface area (Å²) in [5.74, 6) is -0.243. The number of benzene rings is 1. The molecule has 0 spiro atoms. The van der Waals surface area contributed by atoms with Crippen molar-refractivity contribution in [2.45, 2.75) is 26.3 Å². The Morgan fingerprint density at radius 2 is 2.10 bits per heavy atom. The van der Waals surface area contributed by atoms with E-state index in [0.717, 1.165) is 17.8 Å². The summed E-state index contributed by atoms with van der Waals surface area (Å²) in [7, 11) is 0. The molecular weight excluding hydrogens is 275 g/mol. The van der Waals surface area contributed by atoms with Crippen LogP contribution in [0, 0.1) is 12.7 Å². The van der Waals surface area contributed by atoms with Crippen LogP contribution in [0.2, 0.25) is 5.02 Å². The number of aromatic nitrogens is 1. The third-order valence-corrected chi connectivity index (χ3v) is 3.40. The second kappa shape index (κ2) is 6.82. The molecule has 106 valence electrons. The molecule has 4 heteroatoms. The average molecular weight is 293 g/mol. The van der Waals surface area contributed by atoms with Gasteiger partial charge in [0.05, 0.1) is 0 Å². The molecule has 1 aromatic carbocycles. The number of likely N-dealkylation sites (N-methyl/N-ethyl adjacent to an activating group) is 1. The van der Waals surface area contributed by atoms with Crippen LogP contribution in [-0.2, 0) is 6.42 Å². The van der Waals surface area contributed by atoms with Gasteiger partial charge in [-0.3, -0.25) is 4.98 Å². The van der Waals surface area contributed by atoms with Crippen LogP contribution in [0.15, 0.2) is 36.5 Å². The van der Waals surface area contributed by atoms with Crippen molar-refractivity contribution in [2.75, 3.05) is 6.54 Å². The van der Waals surface area contributed by atoms with Crippen LogP contribution in [0.5, 0.6) is 0 Å². The van der Waals surface area contributed by atoms with Crippen LogP contribution in [-0.4, -0.2) is 11.5 Å². The van der Waals surface area contributed by atoms with Gasteiger partial charge in [0.15, 0.2) is 0 Å². The minimum Gasteiger partial charge on any atom is -0.310 e. The number of halogens is 2. The van der Waals surface area contributed by atoms with Crippen molar-refractivity contribution in [3.8, 4) is 0 Å².